The SMILES string of the molecule is Cn1/c(=N\NC(=O)NNc2ccc([N+](=O)[O-])cc2[N+](=O)[O-])sc2ccccc21. The molecule has 1 aromatic heterocycles. The van der Waals surface area contributed by atoms with Gasteiger partial charge in [-0.1, -0.05) is 23.5 Å². The van der Waals surface area contributed by atoms with Crippen LogP contribution in [0.5, 0.6) is 0 Å². The molecule has 0 bridgehead atoms. The maximum absolute atomic E-state index is 11.9. The number of rotatable bonds is 5. The molecule has 3 aromatic rings. The van der Waals surface area contributed by atoms with Gasteiger partial charge in [0.05, 0.1) is 26.1 Å². The number of urea groups is 1. The summed E-state index contributed by atoms with van der Waals surface area (Å²) in [6, 6.07) is 9.85. The molecule has 0 saturated heterocycles. The first-order valence-corrected chi connectivity index (χ1v) is 8.51. The van der Waals surface area contributed by atoms with Gasteiger partial charge in [-0.25, -0.2) is 15.6 Å². The Morgan fingerprint density at radius 2 is 1.89 bits per heavy atom. The predicted molar refractivity (Wildman–Crippen MR) is 101 cm³/mol. The van der Waals surface area contributed by atoms with E-state index in [-0.39, 0.29) is 5.69 Å². The zero-order valence-corrected chi connectivity index (χ0v) is 15.1. The molecule has 1 heterocycles. The van der Waals surface area contributed by atoms with Crippen LogP contribution in [0.4, 0.5) is 21.9 Å². The maximum atomic E-state index is 11.9. The summed E-state index contributed by atoms with van der Waals surface area (Å²) in [4.78, 5) is 32.7. The zero-order chi connectivity index (χ0) is 20.3. The van der Waals surface area contributed by atoms with Gasteiger partial charge in [-0.15, -0.1) is 5.10 Å². The standard InChI is InChI=1S/C15H13N7O5S/c1-20-11-4-2-3-5-13(11)28-15(20)19-18-14(23)17-16-10-7-6-9(21(24)25)8-12(10)22(26)27/h2-8,16H,1H3,(H2,17,18,23)/b19-15+. The van der Waals surface area contributed by atoms with Gasteiger partial charge in [-0.3, -0.25) is 25.7 Å². The number of nitrogens with one attached hydrogen (secondary N) is 3. The molecular formula is C15H13N7O5S. The highest BCUT2D eigenvalue weighted by Crippen LogP contribution is 2.28. The number of hydrogen-bond acceptors (Lipinski definition) is 8. The fourth-order valence-electron chi connectivity index (χ4n) is 2.33. The smallest absolute Gasteiger partial charge is 0.318 e. The Morgan fingerprint density at radius 1 is 1.14 bits per heavy atom. The van der Waals surface area contributed by atoms with Gasteiger partial charge in [-0.2, -0.15) is 0 Å². The second-order valence-electron chi connectivity index (χ2n) is 5.43. The van der Waals surface area contributed by atoms with E-state index >= 15 is 0 Å². The third-order valence-electron chi connectivity index (χ3n) is 3.67. The Balaban J connectivity index is 1.71. The number of anilines is 1. The van der Waals surface area contributed by atoms with Crippen LogP contribution in [0.3, 0.4) is 0 Å². The predicted octanol–water partition coefficient (Wildman–Crippen LogP) is 2.20. The lowest BCUT2D eigenvalue weighted by atomic mass is 10.2. The van der Waals surface area contributed by atoms with Crippen LogP contribution >= 0.6 is 11.3 Å². The number of nitro groups is 2. The van der Waals surface area contributed by atoms with E-state index in [1.807, 2.05) is 24.3 Å². The first kappa shape index (κ1) is 18.8. The average Bonchev–Trinajstić information content (AvgIpc) is 3.00. The van der Waals surface area contributed by atoms with Crippen LogP contribution < -0.4 is 21.1 Å². The van der Waals surface area contributed by atoms with E-state index in [1.165, 1.54) is 11.3 Å². The number of carbonyl (C=O) groups is 1. The molecule has 0 aliphatic carbocycles. The quantitative estimate of drug-likeness (QED) is 0.438. The van der Waals surface area contributed by atoms with E-state index in [2.05, 4.69) is 21.4 Å². The van der Waals surface area contributed by atoms with Crippen molar-refractivity contribution in [3.63, 3.8) is 0 Å². The molecule has 0 fully saturated rings. The molecule has 2 amide bonds. The van der Waals surface area contributed by atoms with Gasteiger partial charge in [0.2, 0.25) is 4.80 Å². The molecule has 28 heavy (non-hydrogen) atoms. The lowest BCUT2D eigenvalue weighted by Crippen LogP contribution is -2.37. The fraction of sp³-hybridized carbons (Fsp3) is 0.0667. The highest BCUT2D eigenvalue weighted by Gasteiger charge is 2.19. The number of benzene rings is 2. The Bertz CT molecular complexity index is 1150. The molecule has 0 aliphatic rings. The van der Waals surface area contributed by atoms with Gasteiger partial charge < -0.3 is 4.57 Å². The van der Waals surface area contributed by atoms with Crippen LogP contribution in [0, 0.1) is 20.2 Å². The largest absolute Gasteiger partial charge is 0.353 e. The van der Waals surface area contributed by atoms with Crippen molar-refractivity contribution >= 4 is 44.6 Å². The van der Waals surface area contributed by atoms with Crippen molar-refractivity contribution in [1.82, 2.24) is 15.4 Å². The number of para-hydroxylation sites is 1. The minimum atomic E-state index is -0.795. The average molecular weight is 403 g/mol. The van der Waals surface area contributed by atoms with E-state index in [0.717, 1.165) is 28.4 Å². The van der Waals surface area contributed by atoms with E-state index < -0.39 is 27.3 Å². The minimum Gasteiger partial charge on any atom is -0.318 e. The number of nitrogens with zero attached hydrogens (tertiary/aromatic N) is 4. The fourth-order valence-corrected chi connectivity index (χ4v) is 3.31. The number of nitro benzene ring substituents is 2. The molecule has 2 aromatic carbocycles. The van der Waals surface area contributed by atoms with Gasteiger partial charge in [0, 0.05) is 13.1 Å². The number of amides is 2. The van der Waals surface area contributed by atoms with E-state index in [9.17, 15) is 25.0 Å². The summed E-state index contributed by atoms with van der Waals surface area (Å²) in [5.41, 5.74) is 6.66. The summed E-state index contributed by atoms with van der Waals surface area (Å²) in [5.74, 6) is 0. The number of hydrogen-bond donors (Lipinski definition) is 3. The third kappa shape index (κ3) is 3.88. The van der Waals surface area contributed by atoms with Crippen LogP contribution in [0.25, 0.3) is 10.2 Å². The van der Waals surface area contributed by atoms with Crippen LogP contribution in [0.15, 0.2) is 47.6 Å². The zero-order valence-electron chi connectivity index (χ0n) is 14.3. The second kappa shape index (κ2) is 7.71. The summed E-state index contributed by atoms with van der Waals surface area (Å²) in [6.45, 7) is 0. The van der Waals surface area contributed by atoms with Crippen molar-refractivity contribution in [2.45, 2.75) is 0 Å². The van der Waals surface area contributed by atoms with Crippen LogP contribution in [-0.4, -0.2) is 20.4 Å². The Morgan fingerprint density at radius 3 is 2.57 bits per heavy atom. The number of aromatic nitrogens is 1. The van der Waals surface area contributed by atoms with Crippen LogP contribution in [0.1, 0.15) is 0 Å². The second-order valence-corrected chi connectivity index (χ2v) is 6.44. The molecule has 13 heteroatoms. The van der Waals surface area contributed by atoms with Gasteiger partial charge in [-0.05, 0) is 18.2 Å². The molecule has 3 rings (SSSR count). The Hall–Kier alpha value is -4.00. The molecular weight excluding hydrogens is 390 g/mol. The number of hydrazine groups is 1. The van der Waals surface area contributed by atoms with Crippen molar-refractivity contribution in [3.8, 4) is 0 Å². The number of fused-ring (bicyclic) bond motifs is 1. The lowest BCUT2D eigenvalue weighted by molar-refractivity contribution is -0.393. The van der Waals surface area contributed by atoms with Crippen molar-refractivity contribution in [2.75, 3.05) is 5.43 Å². The third-order valence-corrected chi connectivity index (χ3v) is 4.78. The van der Waals surface area contributed by atoms with Crippen molar-refractivity contribution in [2.24, 2.45) is 12.1 Å². The molecule has 12 nitrogen and oxygen atoms in total. The highest BCUT2D eigenvalue weighted by atomic mass is 32.1. The molecule has 0 atom stereocenters. The first-order chi connectivity index (χ1) is 13.4. The van der Waals surface area contributed by atoms with Crippen molar-refractivity contribution < 1.29 is 14.6 Å². The van der Waals surface area contributed by atoms with Crippen molar-refractivity contribution in [1.29, 1.82) is 0 Å². The van der Waals surface area contributed by atoms with Crippen LogP contribution in [0.2, 0.25) is 0 Å². The molecule has 144 valence electrons. The molecule has 0 saturated carbocycles. The van der Waals surface area contributed by atoms with Crippen LogP contribution in [-0.2, 0) is 7.05 Å². The molecule has 0 radical (unpaired) electrons. The minimum absolute atomic E-state index is 0.113. The van der Waals surface area contributed by atoms with Gasteiger partial charge in [0.15, 0.2) is 0 Å². The Kier molecular flexibility index (Phi) is 5.17. The van der Waals surface area contributed by atoms with E-state index in [4.69, 9.17) is 0 Å². The summed E-state index contributed by atoms with van der Waals surface area (Å²) in [7, 11) is 1.80. The molecule has 0 aliphatic heterocycles. The first-order valence-electron chi connectivity index (χ1n) is 7.70. The summed E-state index contributed by atoms with van der Waals surface area (Å²) in [6.07, 6.45) is 0. The topological polar surface area (TPSA) is 157 Å². The number of carbonyl (C=O) groups excluding carboxylic acids is 1. The lowest BCUT2D eigenvalue weighted by Gasteiger charge is -2.08. The van der Waals surface area contributed by atoms with E-state index in [1.54, 1.807) is 11.6 Å². The molecule has 0 unspecified atom stereocenters. The molecule has 0 spiro atoms. The van der Waals surface area contributed by atoms with Gasteiger partial charge >= 0.3 is 11.7 Å². The normalized spacial score (nSPS) is 11.2. The summed E-state index contributed by atoms with van der Waals surface area (Å²) in [5, 5.41) is 25.8. The van der Waals surface area contributed by atoms with Gasteiger partial charge in [0.25, 0.3) is 5.69 Å². The Labute approximate surface area is 160 Å². The number of thiazole rings is 1. The summed E-state index contributed by atoms with van der Waals surface area (Å²) < 4.78 is 2.79. The monoisotopic (exact) mass is 403 g/mol. The molecule has 3 N–H and O–H groups in total. The maximum Gasteiger partial charge on any atom is 0.353 e. The van der Waals surface area contributed by atoms with Crippen molar-refractivity contribution in [3.05, 3.63) is 67.5 Å². The number of aryl methyl sites for hydroxylation is 1. The highest BCUT2D eigenvalue weighted by molar-refractivity contribution is 7.16. The van der Waals surface area contributed by atoms with E-state index in [0.29, 0.717) is 4.80 Å². The van der Waals surface area contributed by atoms with Gasteiger partial charge in [0.1, 0.15) is 5.69 Å². The number of non-ortho nitro benzene ring substituents is 1. The summed E-state index contributed by atoms with van der Waals surface area (Å²) >= 11 is 1.37.